The lowest BCUT2D eigenvalue weighted by Crippen LogP contribution is -2.19. The van der Waals surface area contributed by atoms with Crippen LogP contribution in [0.4, 0.5) is 0 Å². The summed E-state index contributed by atoms with van der Waals surface area (Å²) in [6.45, 7) is 13.4. The van der Waals surface area contributed by atoms with E-state index in [1.54, 1.807) is 0 Å². The molecule has 1 aliphatic rings. The molecule has 0 amide bonds. The highest BCUT2D eigenvalue weighted by Crippen LogP contribution is 2.49. The molecule has 1 fully saturated rings. The molecule has 18 heavy (non-hydrogen) atoms. The Balaban J connectivity index is 2.16. The van der Waals surface area contributed by atoms with Crippen LogP contribution >= 0.6 is 11.3 Å². The van der Waals surface area contributed by atoms with Crippen LogP contribution in [0.5, 0.6) is 0 Å². The average molecular weight is 266 g/mol. The van der Waals surface area contributed by atoms with Crippen molar-refractivity contribution >= 4 is 11.3 Å². The highest BCUT2D eigenvalue weighted by atomic mass is 32.1. The molecule has 1 saturated carbocycles. The van der Waals surface area contributed by atoms with Gasteiger partial charge in [-0.15, -0.1) is 11.3 Å². The van der Waals surface area contributed by atoms with Crippen molar-refractivity contribution in [3.8, 4) is 0 Å². The lowest BCUT2D eigenvalue weighted by atomic mass is 9.91. The van der Waals surface area contributed by atoms with Gasteiger partial charge in [-0.1, -0.05) is 34.6 Å². The minimum Gasteiger partial charge on any atom is -0.312 e. The van der Waals surface area contributed by atoms with E-state index in [9.17, 15) is 0 Å². The first-order chi connectivity index (χ1) is 8.43. The number of nitrogens with zero attached hydrogens (tertiary/aromatic N) is 1. The molecule has 0 bridgehead atoms. The van der Waals surface area contributed by atoms with Gasteiger partial charge >= 0.3 is 0 Å². The Morgan fingerprint density at radius 3 is 2.56 bits per heavy atom. The molecule has 0 spiro atoms. The lowest BCUT2D eigenvalue weighted by Gasteiger charge is -2.17. The molecule has 3 heteroatoms. The molecule has 2 unspecified atom stereocenters. The van der Waals surface area contributed by atoms with Crippen LogP contribution in [0.15, 0.2) is 0 Å². The highest BCUT2D eigenvalue weighted by Gasteiger charge is 2.38. The van der Waals surface area contributed by atoms with Gasteiger partial charge in [0.25, 0.3) is 0 Å². The van der Waals surface area contributed by atoms with Crippen molar-refractivity contribution in [2.45, 2.75) is 65.3 Å². The Morgan fingerprint density at radius 1 is 1.39 bits per heavy atom. The van der Waals surface area contributed by atoms with Crippen molar-refractivity contribution in [2.24, 2.45) is 5.92 Å². The zero-order chi connectivity index (χ0) is 13.3. The molecule has 0 saturated heterocycles. The maximum atomic E-state index is 4.95. The Labute approximate surface area is 115 Å². The molecule has 2 atom stereocenters. The van der Waals surface area contributed by atoms with E-state index < -0.39 is 0 Å². The maximum absolute atomic E-state index is 4.95. The van der Waals surface area contributed by atoms with Gasteiger partial charge in [-0.2, -0.15) is 0 Å². The summed E-state index contributed by atoms with van der Waals surface area (Å²) in [4.78, 5) is 6.40. The van der Waals surface area contributed by atoms with Crippen LogP contribution in [0, 0.1) is 5.92 Å². The molecular weight excluding hydrogens is 240 g/mol. The Bertz CT molecular complexity index is 403. The number of rotatable bonds is 5. The van der Waals surface area contributed by atoms with E-state index in [0.29, 0.717) is 0 Å². The first-order valence-electron chi connectivity index (χ1n) is 7.14. The second-order valence-electron chi connectivity index (χ2n) is 6.57. The highest BCUT2D eigenvalue weighted by molar-refractivity contribution is 7.11. The molecule has 0 radical (unpaired) electrons. The molecule has 1 aromatic rings. The largest absolute Gasteiger partial charge is 0.312 e. The minimum atomic E-state index is 0.163. The number of hydrogen-bond donors (Lipinski definition) is 1. The second-order valence-corrected chi connectivity index (χ2v) is 7.69. The first kappa shape index (κ1) is 14.0. The normalized spacial score (nSPS) is 23.4. The van der Waals surface area contributed by atoms with Crippen LogP contribution in [-0.4, -0.2) is 11.5 Å². The predicted octanol–water partition coefficient (Wildman–Crippen LogP) is 4.06. The van der Waals surface area contributed by atoms with Crippen molar-refractivity contribution in [1.29, 1.82) is 0 Å². The van der Waals surface area contributed by atoms with Gasteiger partial charge in [0.15, 0.2) is 0 Å². The molecular formula is C15H26N2S. The molecule has 0 aliphatic heterocycles. The van der Waals surface area contributed by atoms with Gasteiger partial charge < -0.3 is 5.32 Å². The summed E-state index contributed by atoms with van der Waals surface area (Å²) in [5.74, 6) is 1.59. The van der Waals surface area contributed by atoms with Crippen molar-refractivity contribution in [1.82, 2.24) is 10.3 Å². The molecule has 102 valence electrons. The van der Waals surface area contributed by atoms with Crippen molar-refractivity contribution in [2.75, 3.05) is 6.54 Å². The smallest absolute Gasteiger partial charge is 0.0965 e. The van der Waals surface area contributed by atoms with E-state index in [0.717, 1.165) is 24.9 Å². The van der Waals surface area contributed by atoms with Crippen LogP contribution < -0.4 is 5.32 Å². The van der Waals surface area contributed by atoms with Gasteiger partial charge in [-0.05, 0) is 25.3 Å². The summed E-state index contributed by atoms with van der Waals surface area (Å²) >= 11 is 1.94. The number of nitrogens with one attached hydrogen (secondary N) is 1. The van der Waals surface area contributed by atoms with Crippen LogP contribution in [-0.2, 0) is 12.0 Å². The SMILES string of the molecule is CCCNCc1sc(C2CC2C)nc1C(C)(C)C. The van der Waals surface area contributed by atoms with E-state index in [2.05, 4.69) is 39.9 Å². The van der Waals surface area contributed by atoms with Gasteiger partial charge in [0.1, 0.15) is 0 Å². The molecule has 1 aliphatic carbocycles. The quantitative estimate of drug-likeness (QED) is 0.813. The van der Waals surface area contributed by atoms with Gasteiger partial charge in [-0.25, -0.2) is 4.98 Å². The fraction of sp³-hybridized carbons (Fsp3) is 0.800. The molecule has 1 heterocycles. The number of hydrogen-bond acceptors (Lipinski definition) is 3. The topological polar surface area (TPSA) is 24.9 Å². The standard InChI is InChI=1S/C15H26N2S/c1-6-7-16-9-12-13(15(3,4)5)17-14(18-12)11-8-10(11)2/h10-11,16H,6-9H2,1-5H3. The second kappa shape index (κ2) is 5.30. The average Bonchev–Trinajstić information content (AvgIpc) is 2.85. The van der Waals surface area contributed by atoms with Crippen molar-refractivity contribution in [3.05, 3.63) is 15.6 Å². The van der Waals surface area contributed by atoms with E-state index in [4.69, 9.17) is 4.98 Å². The molecule has 2 rings (SSSR count). The van der Waals surface area contributed by atoms with E-state index in [1.807, 2.05) is 11.3 Å². The third-order valence-electron chi connectivity index (χ3n) is 3.56. The van der Waals surface area contributed by atoms with Crippen LogP contribution in [0.2, 0.25) is 0 Å². The van der Waals surface area contributed by atoms with Crippen LogP contribution in [0.3, 0.4) is 0 Å². The number of aromatic nitrogens is 1. The van der Waals surface area contributed by atoms with Gasteiger partial charge in [0.2, 0.25) is 0 Å². The summed E-state index contributed by atoms with van der Waals surface area (Å²) < 4.78 is 0. The van der Waals surface area contributed by atoms with E-state index >= 15 is 0 Å². The summed E-state index contributed by atoms with van der Waals surface area (Å²) in [6, 6.07) is 0. The van der Waals surface area contributed by atoms with Crippen molar-refractivity contribution < 1.29 is 0 Å². The molecule has 1 N–H and O–H groups in total. The summed E-state index contributed by atoms with van der Waals surface area (Å²) in [5.41, 5.74) is 1.47. The maximum Gasteiger partial charge on any atom is 0.0965 e. The monoisotopic (exact) mass is 266 g/mol. The predicted molar refractivity (Wildman–Crippen MR) is 79.3 cm³/mol. The zero-order valence-electron chi connectivity index (χ0n) is 12.3. The minimum absolute atomic E-state index is 0.163. The fourth-order valence-electron chi connectivity index (χ4n) is 2.28. The zero-order valence-corrected chi connectivity index (χ0v) is 13.2. The molecule has 2 nitrogen and oxygen atoms in total. The third kappa shape index (κ3) is 3.12. The number of thiazole rings is 1. The van der Waals surface area contributed by atoms with Crippen LogP contribution in [0.25, 0.3) is 0 Å². The van der Waals surface area contributed by atoms with Gasteiger partial charge in [0, 0.05) is 22.8 Å². The Hall–Kier alpha value is -0.410. The first-order valence-corrected chi connectivity index (χ1v) is 7.96. The van der Waals surface area contributed by atoms with Gasteiger partial charge in [0.05, 0.1) is 10.7 Å². The third-order valence-corrected chi connectivity index (χ3v) is 4.75. The van der Waals surface area contributed by atoms with E-state index in [1.165, 1.54) is 28.4 Å². The summed E-state index contributed by atoms with van der Waals surface area (Å²) in [6.07, 6.45) is 2.52. The Kier molecular flexibility index (Phi) is 4.12. The fourth-order valence-corrected chi connectivity index (χ4v) is 3.77. The summed E-state index contributed by atoms with van der Waals surface area (Å²) in [5, 5.41) is 4.89. The lowest BCUT2D eigenvalue weighted by molar-refractivity contribution is 0.557. The molecule has 0 aromatic carbocycles. The summed E-state index contributed by atoms with van der Waals surface area (Å²) in [7, 11) is 0. The van der Waals surface area contributed by atoms with Gasteiger partial charge in [-0.3, -0.25) is 0 Å². The van der Waals surface area contributed by atoms with E-state index in [-0.39, 0.29) is 5.41 Å². The van der Waals surface area contributed by atoms with Crippen molar-refractivity contribution in [3.63, 3.8) is 0 Å². The van der Waals surface area contributed by atoms with Crippen LogP contribution in [0.1, 0.15) is 69.0 Å². The Morgan fingerprint density at radius 2 is 2.06 bits per heavy atom. The molecule has 1 aromatic heterocycles.